The number of benzene rings is 1. The van der Waals surface area contributed by atoms with Crippen LogP contribution in [0.5, 0.6) is 0 Å². The molecule has 0 bridgehead atoms. The minimum atomic E-state index is -1.07. The Labute approximate surface area is 112 Å². The van der Waals surface area contributed by atoms with Gasteiger partial charge in [0.2, 0.25) is 0 Å². The normalized spacial score (nSPS) is 16.3. The average molecular weight is 262 g/mol. The zero-order valence-corrected chi connectivity index (χ0v) is 11.0. The lowest BCUT2D eigenvalue weighted by Gasteiger charge is -2.24. The molecule has 1 aromatic carbocycles. The van der Waals surface area contributed by atoms with Crippen LogP contribution < -0.4 is 0 Å². The third-order valence-electron chi connectivity index (χ3n) is 3.90. The first-order valence-corrected chi connectivity index (χ1v) is 6.62. The van der Waals surface area contributed by atoms with Gasteiger partial charge in [-0.2, -0.15) is 0 Å². The van der Waals surface area contributed by atoms with Gasteiger partial charge in [-0.1, -0.05) is 25.3 Å². The summed E-state index contributed by atoms with van der Waals surface area (Å²) in [5, 5.41) is 18.4. The van der Waals surface area contributed by atoms with Crippen molar-refractivity contribution in [2.45, 2.75) is 44.9 Å². The summed E-state index contributed by atoms with van der Waals surface area (Å²) in [4.78, 5) is 22.4. The van der Waals surface area contributed by atoms with E-state index in [0.29, 0.717) is 5.56 Å². The van der Waals surface area contributed by atoms with Crippen LogP contribution in [0.15, 0.2) is 12.1 Å². The first kappa shape index (κ1) is 13.6. The van der Waals surface area contributed by atoms with E-state index in [-0.39, 0.29) is 17.0 Å². The van der Waals surface area contributed by atoms with E-state index >= 15 is 0 Å². The summed E-state index contributed by atoms with van der Waals surface area (Å²) < 4.78 is 0. The molecule has 0 aliphatic heterocycles. The van der Waals surface area contributed by atoms with Crippen molar-refractivity contribution in [3.8, 4) is 0 Å². The fourth-order valence-corrected chi connectivity index (χ4v) is 2.90. The van der Waals surface area contributed by atoms with Crippen molar-refractivity contribution in [3.05, 3.63) is 34.4 Å². The highest BCUT2D eigenvalue weighted by atomic mass is 16.4. The highest BCUT2D eigenvalue weighted by Crippen LogP contribution is 2.35. The van der Waals surface area contributed by atoms with E-state index in [2.05, 4.69) is 0 Å². The summed E-state index contributed by atoms with van der Waals surface area (Å²) in [6.07, 6.45) is 5.41. The number of hydrogen-bond acceptors (Lipinski definition) is 2. The number of carboxylic acid groups (broad SMARTS) is 2. The second-order valence-corrected chi connectivity index (χ2v) is 5.20. The van der Waals surface area contributed by atoms with Gasteiger partial charge in [-0.15, -0.1) is 0 Å². The number of rotatable bonds is 3. The number of aryl methyl sites for hydroxylation is 1. The second-order valence-electron chi connectivity index (χ2n) is 5.20. The smallest absolute Gasteiger partial charge is 0.335 e. The molecule has 1 fully saturated rings. The van der Waals surface area contributed by atoms with E-state index in [1.54, 1.807) is 13.0 Å². The van der Waals surface area contributed by atoms with Gasteiger partial charge in [0.05, 0.1) is 11.1 Å². The molecule has 0 unspecified atom stereocenters. The molecule has 0 saturated heterocycles. The van der Waals surface area contributed by atoms with Gasteiger partial charge in [0.1, 0.15) is 0 Å². The van der Waals surface area contributed by atoms with Crippen molar-refractivity contribution in [1.29, 1.82) is 0 Å². The first-order chi connectivity index (χ1) is 9.00. The molecule has 1 aromatic rings. The van der Waals surface area contributed by atoms with Crippen molar-refractivity contribution in [1.82, 2.24) is 0 Å². The summed E-state index contributed by atoms with van der Waals surface area (Å²) in [5.41, 5.74) is 1.67. The van der Waals surface area contributed by atoms with Crippen LogP contribution in [0.3, 0.4) is 0 Å². The van der Waals surface area contributed by atoms with Crippen molar-refractivity contribution >= 4 is 11.9 Å². The first-order valence-electron chi connectivity index (χ1n) is 6.62. The molecule has 1 saturated carbocycles. The van der Waals surface area contributed by atoms with Gasteiger partial charge in [-0.3, -0.25) is 0 Å². The van der Waals surface area contributed by atoms with Gasteiger partial charge in [0.25, 0.3) is 0 Å². The quantitative estimate of drug-likeness (QED) is 0.875. The number of aromatic carboxylic acids is 2. The predicted octanol–water partition coefficient (Wildman–Crippen LogP) is 3.44. The monoisotopic (exact) mass is 262 g/mol. The van der Waals surface area contributed by atoms with E-state index in [0.717, 1.165) is 31.2 Å². The zero-order valence-electron chi connectivity index (χ0n) is 11.0. The van der Waals surface area contributed by atoms with Gasteiger partial charge >= 0.3 is 11.9 Å². The summed E-state index contributed by atoms with van der Waals surface area (Å²) in [7, 11) is 0. The molecule has 102 valence electrons. The summed E-state index contributed by atoms with van der Waals surface area (Å²) >= 11 is 0. The molecule has 4 heteroatoms. The molecule has 2 N–H and O–H groups in total. The van der Waals surface area contributed by atoms with Crippen molar-refractivity contribution in [3.63, 3.8) is 0 Å². The highest BCUT2D eigenvalue weighted by molar-refractivity contribution is 5.96. The Morgan fingerprint density at radius 2 is 1.58 bits per heavy atom. The maximum Gasteiger partial charge on any atom is 0.335 e. The summed E-state index contributed by atoms with van der Waals surface area (Å²) in [6, 6.07) is 3.06. The molecule has 0 radical (unpaired) electrons. The lowest BCUT2D eigenvalue weighted by atomic mass is 9.81. The van der Waals surface area contributed by atoms with Gasteiger partial charge in [-0.05, 0) is 42.9 Å². The van der Waals surface area contributed by atoms with E-state index in [1.807, 2.05) is 0 Å². The Bertz CT molecular complexity index is 513. The Morgan fingerprint density at radius 3 is 2.11 bits per heavy atom. The zero-order chi connectivity index (χ0) is 14.0. The molecule has 1 aliphatic rings. The Balaban J connectivity index is 2.49. The van der Waals surface area contributed by atoms with Crippen LogP contribution in [0.4, 0.5) is 0 Å². The van der Waals surface area contributed by atoms with Gasteiger partial charge in [0, 0.05) is 0 Å². The number of hydrogen-bond donors (Lipinski definition) is 2. The molecule has 4 nitrogen and oxygen atoms in total. The fraction of sp³-hybridized carbons (Fsp3) is 0.467. The number of carboxylic acids is 2. The van der Waals surface area contributed by atoms with Gasteiger partial charge < -0.3 is 10.2 Å². The largest absolute Gasteiger partial charge is 0.478 e. The second kappa shape index (κ2) is 5.43. The molecule has 0 amide bonds. The van der Waals surface area contributed by atoms with Crippen LogP contribution in [0, 0.1) is 6.92 Å². The highest BCUT2D eigenvalue weighted by Gasteiger charge is 2.23. The predicted molar refractivity (Wildman–Crippen MR) is 70.9 cm³/mol. The average Bonchev–Trinajstić information content (AvgIpc) is 2.38. The Hall–Kier alpha value is -1.84. The molecule has 1 aliphatic carbocycles. The third-order valence-corrected chi connectivity index (χ3v) is 3.90. The lowest BCUT2D eigenvalue weighted by molar-refractivity contribution is 0.0694. The molecular formula is C15H18O4. The minimum Gasteiger partial charge on any atom is -0.478 e. The van der Waals surface area contributed by atoms with Gasteiger partial charge in [-0.25, -0.2) is 9.59 Å². The van der Waals surface area contributed by atoms with E-state index in [1.165, 1.54) is 12.5 Å². The summed E-state index contributed by atoms with van der Waals surface area (Å²) in [5.74, 6) is -1.86. The van der Waals surface area contributed by atoms with Crippen molar-refractivity contribution < 1.29 is 19.8 Å². The van der Waals surface area contributed by atoms with Crippen LogP contribution in [0.25, 0.3) is 0 Å². The Kier molecular flexibility index (Phi) is 3.88. The standard InChI is InChI=1S/C15H18O4/c1-9-7-12(10-5-3-2-4-6-10)13(15(18)19)8-11(9)14(16)17/h7-8,10H,2-6H2,1H3,(H,16,17)(H,18,19). The maximum atomic E-state index is 11.4. The van der Waals surface area contributed by atoms with Crippen LogP contribution in [-0.2, 0) is 0 Å². The minimum absolute atomic E-state index is 0.0805. The molecule has 0 aromatic heterocycles. The SMILES string of the molecule is Cc1cc(C2CCCCC2)c(C(=O)O)cc1C(=O)O. The molecule has 0 heterocycles. The van der Waals surface area contributed by atoms with E-state index < -0.39 is 11.9 Å². The molecular weight excluding hydrogens is 244 g/mol. The van der Waals surface area contributed by atoms with Crippen LogP contribution in [-0.4, -0.2) is 22.2 Å². The number of carbonyl (C=O) groups is 2. The molecule has 0 spiro atoms. The van der Waals surface area contributed by atoms with Crippen molar-refractivity contribution in [2.75, 3.05) is 0 Å². The lowest BCUT2D eigenvalue weighted by Crippen LogP contribution is -2.13. The molecule has 19 heavy (non-hydrogen) atoms. The molecule has 2 rings (SSSR count). The van der Waals surface area contributed by atoms with Crippen molar-refractivity contribution in [2.24, 2.45) is 0 Å². The Morgan fingerprint density at radius 1 is 1.00 bits per heavy atom. The topological polar surface area (TPSA) is 74.6 Å². The summed E-state index contributed by atoms with van der Waals surface area (Å²) in [6.45, 7) is 1.72. The van der Waals surface area contributed by atoms with Gasteiger partial charge in [0.15, 0.2) is 0 Å². The van der Waals surface area contributed by atoms with Crippen LogP contribution >= 0.6 is 0 Å². The third kappa shape index (κ3) is 2.78. The fourth-order valence-electron chi connectivity index (χ4n) is 2.90. The molecule has 0 atom stereocenters. The maximum absolute atomic E-state index is 11.4. The van der Waals surface area contributed by atoms with E-state index in [4.69, 9.17) is 5.11 Å². The van der Waals surface area contributed by atoms with E-state index in [9.17, 15) is 14.7 Å². The van der Waals surface area contributed by atoms with Crippen LogP contribution in [0.2, 0.25) is 0 Å². The van der Waals surface area contributed by atoms with Crippen LogP contribution in [0.1, 0.15) is 69.9 Å².